The molecule has 0 saturated heterocycles. The number of nitrogens with two attached hydrogens (primary N) is 1. The fourth-order valence-corrected chi connectivity index (χ4v) is 1.45. The molecule has 0 spiro atoms. The van der Waals surface area contributed by atoms with E-state index in [0.717, 1.165) is 17.7 Å². The summed E-state index contributed by atoms with van der Waals surface area (Å²) in [7, 11) is 0. The van der Waals surface area contributed by atoms with Gasteiger partial charge in [0.2, 0.25) is 0 Å². The predicted molar refractivity (Wildman–Crippen MR) is 54.6 cm³/mol. The van der Waals surface area contributed by atoms with Crippen molar-refractivity contribution in [1.29, 1.82) is 5.26 Å². The van der Waals surface area contributed by atoms with Crippen LogP contribution < -0.4 is 15.2 Å². The Morgan fingerprint density at radius 1 is 1.27 bits per heavy atom. The molecule has 0 amide bonds. The summed E-state index contributed by atoms with van der Waals surface area (Å²) in [6.07, 6.45) is 0.869. The van der Waals surface area contributed by atoms with Crippen LogP contribution in [0.4, 0.5) is 0 Å². The highest BCUT2D eigenvalue weighted by atomic mass is 16.5. The maximum absolute atomic E-state index is 8.70. The van der Waals surface area contributed by atoms with Gasteiger partial charge in [0.05, 0.1) is 19.3 Å². The number of nitriles is 1. The number of fused-ring (bicyclic) bond motifs is 1. The Labute approximate surface area is 88.2 Å². The summed E-state index contributed by atoms with van der Waals surface area (Å²) in [5.41, 5.74) is 6.36. The van der Waals surface area contributed by atoms with E-state index in [-0.39, 0.29) is 0 Å². The summed E-state index contributed by atoms with van der Waals surface area (Å²) in [6.45, 7) is 1.30. The first kappa shape index (κ1) is 9.81. The van der Waals surface area contributed by atoms with Gasteiger partial charge in [-0.05, 0) is 17.7 Å². The number of ether oxygens (including phenoxy) is 2. The molecular formula is C11H12N2O2. The van der Waals surface area contributed by atoms with E-state index in [0.29, 0.717) is 19.0 Å². The highest BCUT2D eigenvalue weighted by molar-refractivity contribution is 5.45. The lowest BCUT2D eigenvalue weighted by Gasteiger charge is -2.09. The molecule has 2 N–H and O–H groups in total. The molecule has 1 aliphatic heterocycles. The largest absolute Gasteiger partial charge is 0.490 e. The molecule has 1 aliphatic rings. The van der Waals surface area contributed by atoms with Crippen LogP contribution in [0.3, 0.4) is 0 Å². The van der Waals surface area contributed by atoms with Gasteiger partial charge in [0.15, 0.2) is 11.5 Å². The molecule has 78 valence electrons. The Morgan fingerprint density at radius 2 is 2.00 bits per heavy atom. The van der Waals surface area contributed by atoms with E-state index < -0.39 is 6.04 Å². The zero-order chi connectivity index (χ0) is 10.7. The van der Waals surface area contributed by atoms with Gasteiger partial charge in [-0.25, -0.2) is 0 Å². The van der Waals surface area contributed by atoms with Crippen molar-refractivity contribution in [2.45, 2.75) is 12.5 Å². The molecule has 1 aromatic rings. The van der Waals surface area contributed by atoms with Crippen LogP contribution >= 0.6 is 0 Å². The first-order valence-electron chi connectivity index (χ1n) is 4.86. The lowest BCUT2D eigenvalue weighted by atomic mass is 10.1. The fourth-order valence-electron chi connectivity index (χ4n) is 1.45. The summed E-state index contributed by atoms with van der Waals surface area (Å²) in [5.74, 6) is 1.40. The molecule has 0 aromatic heterocycles. The highest BCUT2D eigenvalue weighted by Crippen LogP contribution is 2.31. The topological polar surface area (TPSA) is 68.3 Å². The van der Waals surface area contributed by atoms with Gasteiger partial charge in [0.1, 0.15) is 6.04 Å². The summed E-state index contributed by atoms with van der Waals surface area (Å²) in [5, 5.41) is 8.70. The van der Waals surface area contributed by atoms with Crippen molar-refractivity contribution >= 4 is 0 Å². The van der Waals surface area contributed by atoms with E-state index >= 15 is 0 Å². The standard InChI is InChI=1S/C11H12N2O2/c12-7-9(13)8-2-3-10-11(6-8)15-5-1-4-14-10/h2-3,6,9H,1,4-5,13H2. The lowest BCUT2D eigenvalue weighted by Crippen LogP contribution is -2.07. The maximum atomic E-state index is 8.70. The third-order valence-electron chi connectivity index (χ3n) is 2.27. The zero-order valence-corrected chi connectivity index (χ0v) is 8.27. The minimum atomic E-state index is -0.609. The second kappa shape index (κ2) is 4.20. The smallest absolute Gasteiger partial charge is 0.161 e. The van der Waals surface area contributed by atoms with Gasteiger partial charge in [-0.3, -0.25) is 0 Å². The van der Waals surface area contributed by atoms with Crippen molar-refractivity contribution in [3.05, 3.63) is 23.8 Å². The van der Waals surface area contributed by atoms with Crippen LogP contribution in [-0.4, -0.2) is 13.2 Å². The molecular weight excluding hydrogens is 192 g/mol. The lowest BCUT2D eigenvalue weighted by molar-refractivity contribution is 0.297. The third kappa shape index (κ3) is 2.03. The Morgan fingerprint density at radius 3 is 2.73 bits per heavy atom. The van der Waals surface area contributed by atoms with Gasteiger partial charge < -0.3 is 15.2 Å². The van der Waals surface area contributed by atoms with Crippen LogP contribution in [-0.2, 0) is 0 Å². The molecule has 0 aliphatic carbocycles. The van der Waals surface area contributed by atoms with Crippen molar-refractivity contribution < 1.29 is 9.47 Å². The molecule has 0 saturated carbocycles. The number of benzene rings is 1. The van der Waals surface area contributed by atoms with Crippen LogP contribution in [0.2, 0.25) is 0 Å². The molecule has 1 atom stereocenters. The van der Waals surface area contributed by atoms with Crippen molar-refractivity contribution in [3.63, 3.8) is 0 Å². The SMILES string of the molecule is N#CC(N)c1ccc2c(c1)OCCCO2. The van der Waals surface area contributed by atoms with E-state index in [1.165, 1.54) is 0 Å². The molecule has 4 heteroatoms. The molecule has 15 heavy (non-hydrogen) atoms. The van der Waals surface area contributed by atoms with Gasteiger partial charge in [-0.2, -0.15) is 5.26 Å². The molecule has 0 bridgehead atoms. The minimum Gasteiger partial charge on any atom is -0.490 e. The third-order valence-corrected chi connectivity index (χ3v) is 2.27. The Hall–Kier alpha value is -1.73. The van der Waals surface area contributed by atoms with Crippen LogP contribution in [0.25, 0.3) is 0 Å². The van der Waals surface area contributed by atoms with Crippen LogP contribution in [0.5, 0.6) is 11.5 Å². The summed E-state index contributed by atoms with van der Waals surface area (Å²) >= 11 is 0. The Bertz CT molecular complexity index is 398. The average Bonchev–Trinajstić information content (AvgIpc) is 2.51. The Balaban J connectivity index is 2.32. The minimum absolute atomic E-state index is 0.609. The normalized spacial score (nSPS) is 16.3. The monoisotopic (exact) mass is 204 g/mol. The first-order chi connectivity index (χ1) is 7.31. The van der Waals surface area contributed by atoms with Crippen molar-refractivity contribution in [2.75, 3.05) is 13.2 Å². The first-order valence-corrected chi connectivity index (χ1v) is 4.86. The van der Waals surface area contributed by atoms with Gasteiger partial charge in [-0.1, -0.05) is 6.07 Å². The van der Waals surface area contributed by atoms with Gasteiger partial charge in [-0.15, -0.1) is 0 Å². The molecule has 0 radical (unpaired) electrons. The van der Waals surface area contributed by atoms with Crippen molar-refractivity contribution in [2.24, 2.45) is 5.73 Å². The average molecular weight is 204 g/mol. The maximum Gasteiger partial charge on any atom is 0.161 e. The molecule has 1 unspecified atom stereocenters. The highest BCUT2D eigenvalue weighted by Gasteiger charge is 2.13. The molecule has 2 rings (SSSR count). The van der Waals surface area contributed by atoms with E-state index in [9.17, 15) is 0 Å². The van der Waals surface area contributed by atoms with Crippen molar-refractivity contribution in [1.82, 2.24) is 0 Å². The number of rotatable bonds is 1. The number of nitrogens with zero attached hydrogens (tertiary/aromatic N) is 1. The summed E-state index contributed by atoms with van der Waals surface area (Å²) in [4.78, 5) is 0. The van der Waals surface area contributed by atoms with E-state index in [1.54, 1.807) is 18.2 Å². The van der Waals surface area contributed by atoms with Gasteiger partial charge in [0, 0.05) is 6.42 Å². The van der Waals surface area contributed by atoms with Crippen LogP contribution in [0.1, 0.15) is 18.0 Å². The van der Waals surface area contributed by atoms with E-state index in [4.69, 9.17) is 20.5 Å². The van der Waals surface area contributed by atoms with Crippen LogP contribution in [0.15, 0.2) is 18.2 Å². The quantitative estimate of drug-likeness (QED) is 0.750. The molecule has 4 nitrogen and oxygen atoms in total. The zero-order valence-electron chi connectivity index (χ0n) is 8.27. The van der Waals surface area contributed by atoms with Crippen molar-refractivity contribution in [3.8, 4) is 17.6 Å². The molecule has 1 heterocycles. The van der Waals surface area contributed by atoms with Gasteiger partial charge in [0.25, 0.3) is 0 Å². The second-order valence-corrected chi connectivity index (χ2v) is 3.36. The van der Waals surface area contributed by atoms with E-state index in [2.05, 4.69) is 0 Å². The van der Waals surface area contributed by atoms with Gasteiger partial charge >= 0.3 is 0 Å². The molecule has 1 aromatic carbocycles. The fraction of sp³-hybridized carbons (Fsp3) is 0.364. The number of hydrogen-bond donors (Lipinski definition) is 1. The summed E-state index contributed by atoms with van der Waals surface area (Å²) in [6, 6.07) is 6.74. The predicted octanol–water partition coefficient (Wildman–Crippen LogP) is 1.37. The molecule has 0 fully saturated rings. The van der Waals surface area contributed by atoms with Crippen LogP contribution in [0, 0.1) is 11.3 Å². The van der Waals surface area contributed by atoms with E-state index in [1.807, 2.05) is 6.07 Å². The Kier molecular flexibility index (Phi) is 2.75. The second-order valence-electron chi connectivity index (χ2n) is 3.36. The number of hydrogen-bond acceptors (Lipinski definition) is 4. The summed E-state index contributed by atoms with van der Waals surface area (Å²) < 4.78 is 11.0.